The quantitative estimate of drug-likeness (QED) is 0.450. The van der Waals surface area contributed by atoms with Gasteiger partial charge in [-0.3, -0.25) is 9.59 Å². The molecule has 158 valence electrons. The summed E-state index contributed by atoms with van der Waals surface area (Å²) in [4.78, 5) is 35.1. The van der Waals surface area contributed by atoms with Crippen LogP contribution < -0.4 is 10.6 Å². The molecule has 0 unspecified atom stereocenters. The summed E-state index contributed by atoms with van der Waals surface area (Å²) < 4.78 is 6.48. The van der Waals surface area contributed by atoms with Crippen molar-refractivity contribution in [1.82, 2.24) is 9.78 Å². The summed E-state index contributed by atoms with van der Waals surface area (Å²) in [5.74, 6) is -0.922. The van der Waals surface area contributed by atoms with E-state index in [0.717, 1.165) is 5.56 Å². The van der Waals surface area contributed by atoms with Crippen LogP contribution in [0, 0.1) is 0 Å². The molecule has 2 N–H and O–H groups in total. The lowest BCUT2D eigenvalue weighted by Gasteiger charge is -2.06. The van der Waals surface area contributed by atoms with Gasteiger partial charge < -0.3 is 15.4 Å². The number of rotatable bonds is 7. The van der Waals surface area contributed by atoms with Crippen LogP contribution in [0.3, 0.4) is 0 Å². The highest BCUT2D eigenvalue weighted by Crippen LogP contribution is 2.16. The van der Waals surface area contributed by atoms with Gasteiger partial charge in [0.25, 0.3) is 0 Å². The van der Waals surface area contributed by atoms with E-state index in [1.165, 1.54) is 17.7 Å². The Morgan fingerprint density at radius 2 is 1.81 bits per heavy atom. The molecule has 0 saturated heterocycles. The summed E-state index contributed by atoms with van der Waals surface area (Å²) in [6.07, 6.45) is 4.75. The average molecular weight is 418 g/mol. The van der Waals surface area contributed by atoms with Gasteiger partial charge in [0.15, 0.2) is 5.69 Å². The fraction of sp³-hybridized carbons (Fsp3) is 0.130. The Hall–Kier alpha value is -4.20. The van der Waals surface area contributed by atoms with Crippen molar-refractivity contribution in [1.29, 1.82) is 0 Å². The van der Waals surface area contributed by atoms with E-state index in [1.54, 1.807) is 67.7 Å². The minimum absolute atomic E-state index is 0.142. The van der Waals surface area contributed by atoms with Gasteiger partial charge in [-0.25, -0.2) is 9.48 Å². The molecule has 1 aromatic heterocycles. The first kappa shape index (κ1) is 21.5. The molecule has 0 atom stereocenters. The highest BCUT2D eigenvalue weighted by atomic mass is 16.5. The van der Waals surface area contributed by atoms with E-state index in [1.807, 2.05) is 6.07 Å². The molecular weight excluding hydrogens is 396 g/mol. The number of nitrogens with zero attached hydrogens (tertiary/aromatic N) is 2. The molecule has 2 amide bonds. The fourth-order valence-corrected chi connectivity index (χ4v) is 2.74. The van der Waals surface area contributed by atoms with E-state index in [0.29, 0.717) is 17.1 Å². The molecule has 0 fully saturated rings. The topological polar surface area (TPSA) is 102 Å². The zero-order valence-corrected chi connectivity index (χ0v) is 17.2. The van der Waals surface area contributed by atoms with E-state index >= 15 is 0 Å². The third-order valence-electron chi connectivity index (χ3n) is 4.11. The predicted molar refractivity (Wildman–Crippen MR) is 118 cm³/mol. The van der Waals surface area contributed by atoms with Crippen molar-refractivity contribution in [3.05, 3.63) is 78.1 Å². The summed E-state index contributed by atoms with van der Waals surface area (Å²) in [7, 11) is 0. The van der Waals surface area contributed by atoms with E-state index < -0.39 is 5.97 Å². The largest absolute Gasteiger partial charge is 0.461 e. The smallest absolute Gasteiger partial charge is 0.358 e. The van der Waals surface area contributed by atoms with Gasteiger partial charge in [-0.2, -0.15) is 5.10 Å². The van der Waals surface area contributed by atoms with E-state index in [2.05, 4.69) is 15.7 Å². The van der Waals surface area contributed by atoms with E-state index in [9.17, 15) is 14.4 Å². The molecule has 3 aromatic rings. The standard InChI is InChI=1S/C23H22N4O4/c1-3-31-23(30)21-13-14-27(26-21)20-6-4-5-19(15-20)25-22(29)12-9-17-7-10-18(11-8-17)24-16(2)28/h4-15H,3H2,1-2H3,(H,24,28)(H,25,29)/b12-9+. The summed E-state index contributed by atoms with van der Waals surface area (Å²) in [5.41, 5.74) is 2.99. The van der Waals surface area contributed by atoms with Crippen LogP contribution in [-0.2, 0) is 14.3 Å². The molecule has 31 heavy (non-hydrogen) atoms. The third-order valence-corrected chi connectivity index (χ3v) is 4.11. The predicted octanol–water partition coefficient (Wildman–Crippen LogP) is 3.66. The lowest BCUT2D eigenvalue weighted by Crippen LogP contribution is -2.09. The number of aromatic nitrogens is 2. The molecule has 0 aliphatic heterocycles. The lowest BCUT2D eigenvalue weighted by molar-refractivity contribution is -0.114. The Labute approximate surface area is 179 Å². The second kappa shape index (κ2) is 10.0. The number of ether oxygens (including phenoxy) is 1. The normalized spacial score (nSPS) is 10.6. The Bertz CT molecular complexity index is 1120. The first-order valence-corrected chi connectivity index (χ1v) is 9.64. The second-order valence-corrected chi connectivity index (χ2v) is 6.54. The van der Waals surface area contributed by atoms with Crippen molar-refractivity contribution in [3.8, 4) is 5.69 Å². The number of hydrogen-bond acceptors (Lipinski definition) is 5. The van der Waals surface area contributed by atoms with Crippen LogP contribution in [0.2, 0.25) is 0 Å². The lowest BCUT2D eigenvalue weighted by atomic mass is 10.2. The van der Waals surface area contributed by atoms with Gasteiger partial charge in [0.2, 0.25) is 11.8 Å². The Morgan fingerprint density at radius 1 is 1.03 bits per heavy atom. The molecule has 0 radical (unpaired) electrons. The minimum atomic E-state index is -0.485. The maximum atomic E-state index is 12.3. The SMILES string of the molecule is CCOC(=O)c1ccn(-c2cccc(NC(=O)/C=C/c3ccc(NC(C)=O)cc3)c2)n1. The number of carbonyl (C=O) groups is 3. The fourth-order valence-electron chi connectivity index (χ4n) is 2.74. The highest BCUT2D eigenvalue weighted by Gasteiger charge is 2.11. The zero-order chi connectivity index (χ0) is 22.2. The van der Waals surface area contributed by atoms with Gasteiger partial charge in [-0.15, -0.1) is 0 Å². The first-order valence-electron chi connectivity index (χ1n) is 9.64. The van der Waals surface area contributed by atoms with Crippen LogP contribution in [0.15, 0.2) is 66.9 Å². The maximum Gasteiger partial charge on any atom is 0.358 e. The van der Waals surface area contributed by atoms with Crippen molar-refractivity contribution >= 4 is 35.2 Å². The van der Waals surface area contributed by atoms with Gasteiger partial charge in [0.05, 0.1) is 12.3 Å². The van der Waals surface area contributed by atoms with Crippen LogP contribution in [0.5, 0.6) is 0 Å². The van der Waals surface area contributed by atoms with Crippen LogP contribution >= 0.6 is 0 Å². The van der Waals surface area contributed by atoms with Crippen molar-refractivity contribution < 1.29 is 19.1 Å². The van der Waals surface area contributed by atoms with Gasteiger partial charge in [-0.1, -0.05) is 18.2 Å². The number of esters is 1. The number of carbonyl (C=O) groups excluding carboxylic acids is 3. The van der Waals surface area contributed by atoms with Crippen LogP contribution in [-0.4, -0.2) is 34.2 Å². The number of amides is 2. The van der Waals surface area contributed by atoms with Gasteiger partial charge in [0, 0.05) is 30.6 Å². The zero-order valence-electron chi connectivity index (χ0n) is 17.2. The maximum absolute atomic E-state index is 12.3. The number of hydrogen-bond donors (Lipinski definition) is 2. The monoisotopic (exact) mass is 418 g/mol. The van der Waals surface area contributed by atoms with E-state index in [-0.39, 0.29) is 24.1 Å². The molecule has 0 aliphatic carbocycles. The van der Waals surface area contributed by atoms with Crippen LogP contribution in [0.4, 0.5) is 11.4 Å². The molecule has 0 aliphatic rings. The molecule has 0 spiro atoms. The molecular formula is C23H22N4O4. The highest BCUT2D eigenvalue weighted by molar-refractivity contribution is 6.02. The average Bonchev–Trinajstić information content (AvgIpc) is 3.24. The summed E-state index contributed by atoms with van der Waals surface area (Å²) in [6.45, 7) is 3.45. The number of nitrogens with one attached hydrogen (secondary N) is 2. The Kier molecular flexibility index (Phi) is 6.95. The van der Waals surface area contributed by atoms with Crippen molar-refractivity contribution in [2.45, 2.75) is 13.8 Å². The molecule has 0 saturated carbocycles. The van der Waals surface area contributed by atoms with Crippen molar-refractivity contribution in [2.24, 2.45) is 0 Å². The first-order chi connectivity index (χ1) is 14.9. The van der Waals surface area contributed by atoms with Gasteiger partial charge in [-0.05, 0) is 55.0 Å². The van der Waals surface area contributed by atoms with Crippen molar-refractivity contribution in [3.63, 3.8) is 0 Å². The Morgan fingerprint density at radius 3 is 2.52 bits per heavy atom. The summed E-state index contributed by atoms with van der Waals surface area (Å²) >= 11 is 0. The number of anilines is 2. The van der Waals surface area contributed by atoms with Gasteiger partial charge >= 0.3 is 5.97 Å². The van der Waals surface area contributed by atoms with Gasteiger partial charge in [0.1, 0.15) is 0 Å². The number of benzene rings is 2. The molecule has 0 bridgehead atoms. The van der Waals surface area contributed by atoms with Crippen molar-refractivity contribution in [2.75, 3.05) is 17.2 Å². The Balaban J connectivity index is 1.64. The minimum Gasteiger partial charge on any atom is -0.461 e. The summed E-state index contributed by atoms with van der Waals surface area (Å²) in [5, 5.41) is 9.69. The molecule has 1 heterocycles. The molecule has 3 rings (SSSR count). The summed E-state index contributed by atoms with van der Waals surface area (Å²) in [6, 6.07) is 15.8. The van der Waals surface area contributed by atoms with E-state index in [4.69, 9.17) is 4.74 Å². The second-order valence-electron chi connectivity index (χ2n) is 6.54. The molecule has 8 heteroatoms. The third kappa shape index (κ3) is 6.14. The van der Waals surface area contributed by atoms with Crippen LogP contribution in [0.1, 0.15) is 29.9 Å². The van der Waals surface area contributed by atoms with Crippen LogP contribution in [0.25, 0.3) is 11.8 Å². The molecule has 8 nitrogen and oxygen atoms in total. The molecule has 2 aromatic carbocycles.